The highest BCUT2D eigenvalue weighted by molar-refractivity contribution is 9.10. The molecule has 0 saturated heterocycles. The van der Waals surface area contributed by atoms with Crippen molar-refractivity contribution in [1.29, 1.82) is 0 Å². The molecular formula is C25H25BrN2O4S. The fourth-order valence-corrected chi connectivity index (χ4v) is 5.92. The second kappa shape index (κ2) is 9.57. The maximum atomic E-state index is 13.2. The molecule has 0 spiro atoms. The fraction of sp³-hybridized carbons (Fsp3) is 0.240. The van der Waals surface area contributed by atoms with Gasteiger partial charge < -0.3 is 10.1 Å². The monoisotopic (exact) mass is 528 g/mol. The van der Waals surface area contributed by atoms with E-state index in [1.54, 1.807) is 19.1 Å². The first-order valence-electron chi connectivity index (χ1n) is 10.6. The third-order valence-electron chi connectivity index (χ3n) is 5.66. The summed E-state index contributed by atoms with van der Waals surface area (Å²) in [7, 11) is -3.68. The number of nitrogens with zero attached hydrogens (tertiary/aromatic N) is 1. The number of carbonyl (C=O) groups is 1. The number of benzene rings is 3. The average Bonchev–Trinajstić information content (AvgIpc) is 3.23. The first-order valence-corrected chi connectivity index (χ1v) is 12.9. The lowest BCUT2D eigenvalue weighted by molar-refractivity contribution is -0.123. The molecule has 1 unspecified atom stereocenters. The first kappa shape index (κ1) is 23.3. The number of amides is 1. The summed E-state index contributed by atoms with van der Waals surface area (Å²) in [5, 5.41) is 2.91. The number of carbonyl (C=O) groups excluding carboxylic acids is 1. The quantitative estimate of drug-likeness (QED) is 0.479. The van der Waals surface area contributed by atoms with Gasteiger partial charge in [-0.15, -0.1) is 0 Å². The van der Waals surface area contributed by atoms with Crippen LogP contribution in [0.4, 0.5) is 5.69 Å². The molecule has 172 valence electrons. The summed E-state index contributed by atoms with van der Waals surface area (Å²) in [5.74, 6) is 0.216. The molecule has 1 atom stereocenters. The number of para-hydroxylation sites is 1. The third kappa shape index (κ3) is 5.07. The predicted octanol–water partition coefficient (Wildman–Crippen LogP) is 4.77. The molecule has 0 fully saturated rings. The summed E-state index contributed by atoms with van der Waals surface area (Å²) in [4.78, 5) is 12.6. The van der Waals surface area contributed by atoms with Crippen LogP contribution in [-0.2, 0) is 21.2 Å². The molecule has 33 heavy (non-hydrogen) atoms. The van der Waals surface area contributed by atoms with Crippen LogP contribution in [0.15, 0.2) is 76.1 Å². The number of aryl methyl sites for hydroxylation is 1. The maximum absolute atomic E-state index is 13.2. The Labute approximate surface area is 202 Å². The molecule has 0 saturated carbocycles. The number of anilines is 1. The molecule has 1 aliphatic rings. The Balaban J connectivity index is 1.41. The highest BCUT2D eigenvalue weighted by Gasteiger charge is 2.30. The molecule has 0 bridgehead atoms. The van der Waals surface area contributed by atoms with E-state index in [1.165, 1.54) is 10.4 Å². The zero-order chi connectivity index (χ0) is 23.6. The van der Waals surface area contributed by atoms with Gasteiger partial charge in [0.15, 0.2) is 6.61 Å². The van der Waals surface area contributed by atoms with E-state index in [4.69, 9.17) is 4.74 Å². The summed E-state index contributed by atoms with van der Waals surface area (Å²) in [6.45, 7) is 3.94. The lowest BCUT2D eigenvalue weighted by atomic mass is 10.1. The minimum atomic E-state index is -3.68. The number of hydrogen-bond donors (Lipinski definition) is 1. The van der Waals surface area contributed by atoms with Gasteiger partial charge in [0.1, 0.15) is 5.75 Å². The van der Waals surface area contributed by atoms with E-state index in [2.05, 4.69) is 21.2 Å². The Bertz CT molecular complexity index is 1290. The minimum absolute atomic E-state index is 0.162. The average molecular weight is 529 g/mol. The van der Waals surface area contributed by atoms with Crippen molar-refractivity contribution in [2.45, 2.75) is 31.2 Å². The van der Waals surface area contributed by atoms with Gasteiger partial charge in [-0.25, -0.2) is 8.42 Å². The first-order chi connectivity index (χ1) is 15.8. The molecule has 3 aromatic carbocycles. The highest BCUT2D eigenvalue weighted by Crippen LogP contribution is 2.33. The van der Waals surface area contributed by atoms with Crippen LogP contribution in [-0.4, -0.2) is 27.5 Å². The van der Waals surface area contributed by atoms with E-state index in [0.717, 1.165) is 21.3 Å². The lowest BCUT2D eigenvalue weighted by Crippen LogP contribution is -2.31. The van der Waals surface area contributed by atoms with Crippen molar-refractivity contribution in [2.24, 2.45) is 0 Å². The number of halogens is 1. The zero-order valence-electron chi connectivity index (χ0n) is 18.4. The molecule has 4 rings (SSSR count). The standard InChI is InChI=1S/C25H25BrN2O4S/c1-17-14-22(33(30,31)28-13-12-19-6-3-4-9-23(19)28)10-11-24(17)32-16-25(29)27-18(2)20-7-5-8-21(26)15-20/h3-11,14-15,18H,12-13,16H2,1-2H3,(H,27,29). The van der Waals surface area contributed by atoms with Crippen molar-refractivity contribution in [3.63, 3.8) is 0 Å². The number of hydrogen-bond acceptors (Lipinski definition) is 4. The van der Waals surface area contributed by atoms with Crippen molar-refractivity contribution in [3.8, 4) is 5.75 Å². The number of sulfonamides is 1. The highest BCUT2D eigenvalue weighted by atomic mass is 79.9. The van der Waals surface area contributed by atoms with Gasteiger partial charge in [0.2, 0.25) is 0 Å². The summed E-state index contributed by atoms with van der Waals surface area (Å²) < 4.78 is 34.5. The molecule has 0 aromatic heterocycles. The van der Waals surface area contributed by atoms with Crippen LogP contribution in [0, 0.1) is 6.92 Å². The summed E-state index contributed by atoms with van der Waals surface area (Å²) >= 11 is 3.43. The minimum Gasteiger partial charge on any atom is -0.484 e. The van der Waals surface area contributed by atoms with Crippen LogP contribution in [0.3, 0.4) is 0 Å². The Morgan fingerprint density at radius 1 is 1.12 bits per heavy atom. The molecule has 1 N–H and O–H groups in total. The zero-order valence-corrected chi connectivity index (χ0v) is 20.8. The number of ether oxygens (including phenoxy) is 1. The van der Waals surface area contributed by atoms with Crippen molar-refractivity contribution in [1.82, 2.24) is 5.32 Å². The maximum Gasteiger partial charge on any atom is 0.264 e. The van der Waals surface area contributed by atoms with Crippen LogP contribution in [0.25, 0.3) is 0 Å². The Morgan fingerprint density at radius 3 is 2.67 bits per heavy atom. The lowest BCUT2D eigenvalue weighted by Gasteiger charge is -2.20. The SMILES string of the molecule is Cc1cc(S(=O)(=O)N2CCc3ccccc32)ccc1OCC(=O)NC(C)c1cccc(Br)c1. The molecule has 1 heterocycles. The van der Waals surface area contributed by atoms with Crippen molar-refractivity contribution < 1.29 is 17.9 Å². The van der Waals surface area contributed by atoms with Gasteiger partial charge in [-0.05, 0) is 73.4 Å². The number of fused-ring (bicyclic) bond motifs is 1. The summed E-state index contributed by atoms with van der Waals surface area (Å²) in [6.07, 6.45) is 0.697. The van der Waals surface area contributed by atoms with Gasteiger partial charge in [-0.1, -0.05) is 46.3 Å². The van der Waals surface area contributed by atoms with Crippen LogP contribution < -0.4 is 14.4 Å². The summed E-state index contributed by atoms with van der Waals surface area (Å²) in [5.41, 5.74) is 3.39. The molecular weight excluding hydrogens is 504 g/mol. The topological polar surface area (TPSA) is 75.7 Å². The molecule has 6 nitrogen and oxygen atoms in total. The van der Waals surface area contributed by atoms with Crippen LogP contribution in [0.5, 0.6) is 5.75 Å². The largest absolute Gasteiger partial charge is 0.484 e. The van der Waals surface area contributed by atoms with Crippen LogP contribution >= 0.6 is 15.9 Å². The molecule has 3 aromatic rings. The van der Waals surface area contributed by atoms with Gasteiger partial charge in [0.05, 0.1) is 16.6 Å². The van der Waals surface area contributed by atoms with Crippen molar-refractivity contribution >= 4 is 37.5 Å². The van der Waals surface area contributed by atoms with E-state index >= 15 is 0 Å². The van der Waals surface area contributed by atoms with E-state index < -0.39 is 10.0 Å². The predicted molar refractivity (Wildman–Crippen MR) is 132 cm³/mol. The molecule has 1 aliphatic heterocycles. The number of nitrogens with one attached hydrogen (secondary N) is 1. The Hall–Kier alpha value is -2.84. The molecule has 0 radical (unpaired) electrons. The Kier molecular flexibility index (Phi) is 6.76. The van der Waals surface area contributed by atoms with E-state index in [0.29, 0.717) is 24.3 Å². The van der Waals surface area contributed by atoms with Gasteiger partial charge in [-0.2, -0.15) is 0 Å². The van der Waals surface area contributed by atoms with Gasteiger partial charge in [0, 0.05) is 11.0 Å². The smallest absolute Gasteiger partial charge is 0.264 e. The normalized spacial score (nSPS) is 14.0. The van der Waals surface area contributed by atoms with E-state index in [1.807, 2.05) is 55.5 Å². The summed E-state index contributed by atoms with van der Waals surface area (Å²) in [6, 6.07) is 19.8. The third-order valence-corrected chi connectivity index (χ3v) is 7.97. The fourth-order valence-electron chi connectivity index (χ4n) is 3.91. The van der Waals surface area contributed by atoms with Crippen LogP contribution in [0.2, 0.25) is 0 Å². The van der Waals surface area contributed by atoms with Crippen molar-refractivity contribution in [3.05, 3.63) is 87.9 Å². The molecule has 0 aliphatic carbocycles. The van der Waals surface area contributed by atoms with Gasteiger partial charge in [-0.3, -0.25) is 9.10 Å². The molecule has 8 heteroatoms. The molecule has 1 amide bonds. The second-order valence-corrected chi connectivity index (χ2v) is 10.8. The van der Waals surface area contributed by atoms with Crippen molar-refractivity contribution in [2.75, 3.05) is 17.5 Å². The van der Waals surface area contributed by atoms with E-state index in [-0.39, 0.29) is 23.5 Å². The number of rotatable bonds is 7. The Morgan fingerprint density at radius 2 is 1.91 bits per heavy atom. The second-order valence-electron chi connectivity index (χ2n) is 8.02. The van der Waals surface area contributed by atoms with Crippen LogP contribution in [0.1, 0.15) is 29.7 Å². The van der Waals surface area contributed by atoms with E-state index in [9.17, 15) is 13.2 Å². The van der Waals surface area contributed by atoms with Gasteiger partial charge >= 0.3 is 0 Å². The van der Waals surface area contributed by atoms with Gasteiger partial charge in [0.25, 0.3) is 15.9 Å².